The molecule has 0 saturated heterocycles. The SMILES string of the molecule is CC(=O)Cn1c(CCC(F)(P)P)nc(-c2ccc(C)cc2NC(=O)C(C)(C)C)cc1=O. The minimum atomic E-state index is -1.61. The van der Waals surface area contributed by atoms with Crippen LogP contribution in [-0.2, 0) is 22.6 Å². The number of rotatable bonds is 7. The molecule has 2 atom stereocenters. The number of carbonyl (C=O) groups is 2. The smallest absolute Gasteiger partial charge is 0.254 e. The minimum Gasteiger partial charge on any atom is -0.325 e. The number of hydrogen-bond donors (Lipinski definition) is 1. The lowest BCUT2D eigenvalue weighted by molar-refractivity contribution is -0.123. The van der Waals surface area contributed by atoms with Gasteiger partial charge in [0.25, 0.3) is 5.56 Å². The largest absolute Gasteiger partial charge is 0.325 e. The van der Waals surface area contributed by atoms with Gasteiger partial charge in [-0.2, -0.15) is 0 Å². The lowest BCUT2D eigenvalue weighted by atomic mass is 9.95. The second-order valence-corrected chi connectivity index (χ2v) is 11.5. The Bertz CT molecular complexity index is 1050. The topological polar surface area (TPSA) is 81.1 Å². The number of carbonyl (C=O) groups excluding carboxylic acids is 2. The number of Topliss-reactive ketones (excluding diaryl/α,β-unsaturated/α-hetero) is 1. The van der Waals surface area contributed by atoms with E-state index < -0.39 is 16.1 Å². The van der Waals surface area contributed by atoms with E-state index in [9.17, 15) is 18.8 Å². The van der Waals surface area contributed by atoms with Gasteiger partial charge in [0.05, 0.1) is 17.9 Å². The summed E-state index contributed by atoms with van der Waals surface area (Å²) in [5.41, 5.74) is 1.42. The van der Waals surface area contributed by atoms with Crippen LogP contribution in [0.5, 0.6) is 0 Å². The van der Waals surface area contributed by atoms with Crippen LogP contribution in [0.25, 0.3) is 11.3 Å². The summed E-state index contributed by atoms with van der Waals surface area (Å²) in [6.07, 6.45) is 0.243. The number of benzene rings is 1. The summed E-state index contributed by atoms with van der Waals surface area (Å²) in [6.45, 7) is 8.59. The van der Waals surface area contributed by atoms with E-state index >= 15 is 0 Å². The third-order valence-corrected chi connectivity index (χ3v) is 5.16. The molecule has 31 heavy (non-hydrogen) atoms. The van der Waals surface area contributed by atoms with Gasteiger partial charge in [-0.15, -0.1) is 0 Å². The van der Waals surface area contributed by atoms with Crippen LogP contribution < -0.4 is 10.9 Å². The number of nitrogens with zero attached hydrogens (tertiary/aromatic N) is 2. The fraction of sp³-hybridized carbons (Fsp3) is 0.455. The second kappa shape index (κ2) is 9.67. The normalized spacial score (nSPS) is 12.0. The van der Waals surface area contributed by atoms with E-state index in [0.717, 1.165) is 5.56 Å². The van der Waals surface area contributed by atoms with Gasteiger partial charge >= 0.3 is 0 Å². The highest BCUT2D eigenvalue weighted by Gasteiger charge is 2.23. The summed E-state index contributed by atoms with van der Waals surface area (Å²) in [7, 11) is 4.18. The predicted molar refractivity (Wildman–Crippen MR) is 129 cm³/mol. The molecular weight excluding hydrogens is 435 g/mol. The number of aryl methyl sites for hydroxylation is 2. The van der Waals surface area contributed by atoms with Crippen LogP contribution in [0, 0.1) is 12.3 Å². The zero-order valence-corrected chi connectivity index (χ0v) is 20.9. The number of hydrogen-bond acceptors (Lipinski definition) is 4. The molecule has 0 spiro atoms. The van der Waals surface area contributed by atoms with E-state index in [1.807, 2.05) is 39.8 Å². The molecule has 2 aromatic rings. The summed E-state index contributed by atoms with van der Waals surface area (Å²) in [4.78, 5) is 41.7. The molecule has 2 rings (SSSR count). The monoisotopic (exact) mass is 465 g/mol. The Labute approximate surface area is 186 Å². The number of aromatic nitrogens is 2. The first-order valence-corrected chi connectivity index (χ1v) is 11.1. The highest BCUT2D eigenvalue weighted by molar-refractivity contribution is 7.39. The minimum absolute atomic E-state index is 0.0810. The van der Waals surface area contributed by atoms with E-state index in [-0.39, 0.29) is 31.1 Å². The van der Waals surface area contributed by atoms with E-state index in [2.05, 4.69) is 28.8 Å². The van der Waals surface area contributed by atoms with Crippen molar-refractivity contribution in [3.8, 4) is 11.3 Å². The van der Waals surface area contributed by atoms with E-state index in [4.69, 9.17) is 0 Å². The van der Waals surface area contributed by atoms with Crippen molar-refractivity contribution in [2.45, 2.75) is 59.2 Å². The second-order valence-electron chi connectivity index (χ2n) is 8.86. The van der Waals surface area contributed by atoms with Crippen molar-refractivity contribution in [2.24, 2.45) is 5.41 Å². The zero-order valence-electron chi connectivity index (χ0n) is 18.6. The molecule has 0 radical (unpaired) electrons. The summed E-state index contributed by atoms with van der Waals surface area (Å²) in [5.74, 6) is -0.0503. The summed E-state index contributed by atoms with van der Waals surface area (Å²) in [6, 6.07) is 6.81. The van der Waals surface area contributed by atoms with Crippen molar-refractivity contribution < 1.29 is 14.0 Å². The van der Waals surface area contributed by atoms with Gasteiger partial charge in [0.15, 0.2) is 0 Å². The van der Waals surface area contributed by atoms with Gasteiger partial charge in [0.2, 0.25) is 5.91 Å². The summed E-state index contributed by atoms with van der Waals surface area (Å²) < 4.78 is 15.3. The van der Waals surface area contributed by atoms with Crippen molar-refractivity contribution >= 4 is 35.9 Å². The molecule has 0 saturated carbocycles. The molecule has 1 aromatic carbocycles. The Balaban J connectivity index is 2.60. The molecule has 9 heteroatoms. The van der Waals surface area contributed by atoms with Crippen LogP contribution in [-0.4, -0.2) is 26.4 Å². The van der Waals surface area contributed by atoms with Crippen molar-refractivity contribution in [1.82, 2.24) is 9.55 Å². The fourth-order valence-corrected chi connectivity index (χ4v) is 3.16. The number of amides is 1. The molecule has 0 fully saturated rings. The van der Waals surface area contributed by atoms with Crippen LogP contribution >= 0.6 is 18.5 Å². The van der Waals surface area contributed by atoms with Crippen molar-refractivity contribution in [1.29, 1.82) is 0 Å². The molecule has 1 aromatic heterocycles. The molecular formula is C22H30FN3O3P2. The molecule has 0 aliphatic heterocycles. The third kappa shape index (κ3) is 7.29. The van der Waals surface area contributed by atoms with Crippen LogP contribution in [0.2, 0.25) is 0 Å². The lowest BCUT2D eigenvalue weighted by Crippen LogP contribution is -2.29. The first kappa shape index (κ1) is 25.3. The summed E-state index contributed by atoms with van der Waals surface area (Å²) >= 11 is 0. The molecule has 2 unspecified atom stereocenters. The standard InChI is InChI=1S/C22H30FN3O3P2/c1-13-6-7-15(16(10-13)25-20(29)21(3,4)5)17-11-19(28)26(12-14(2)27)18(24-17)8-9-22(23,30)31/h6-7,10-11H,8-9,12,30-31H2,1-5H3,(H,25,29). The van der Waals surface area contributed by atoms with Gasteiger partial charge in [0, 0.05) is 23.5 Å². The average Bonchev–Trinajstić information content (AvgIpc) is 2.60. The first-order valence-electron chi connectivity index (χ1n) is 9.97. The highest BCUT2D eigenvalue weighted by atomic mass is 31.1. The number of nitrogens with one attached hydrogen (secondary N) is 1. The van der Waals surface area contributed by atoms with Gasteiger partial charge in [-0.1, -0.05) is 51.4 Å². The zero-order chi connectivity index (χ0) is 23.6. The van der Waals surface area contributed by atoms with Crippen molar-refractivity contribution in [2.75, 3.05) is 5.32 Å². The third-order valence-electron chi connectivity index (χ3n) is 4.58. The van der Waals surface area contributed by atoms with Crippen molar-refractivity contribution in [3.63, 3.8) is 0 Å². The predicted octanol–water partition coefficient (Wildman–Crippen LogP) is 4.10. The van der Waals surface area contributed by atoms with Gasteiger partial charge in [-0.3, -0.25) is 19.0 Å². The van der Waals surface area contributed by atoms with Crippen LogP contribution in [0.15, 0.2) is 29.1 Å². The molecule has 0 bridgehead atoms. The maximum Gasteiger partial charge on any atom is 0.254 e. The average molecular weight is 465 g/mol. The van der Waals surface area contributed by atoms with Crippen LogP contribution in [0.1, 0.15) is 45.5 Å². The maximum absolute atomic E-state index is 14.1. The molecule has 0 aliphatic rings. The highest BCUT2D eigenvalue weighted by Crippen LogP contribution is 2.34. The van der Waals surface area contributed by atoms with E-state index in [1.54, 1.807) is 6.07 Å². The Hall–Kier alpha value is -1.97. The Kier molecular flexibility index (Phi) is 7.89. The van der Waals surface area contributed by atoms with E-state index in [1.165, 1.54) is 17.6 Å². The van der Waals surface area contributed by atoms with Gasteiger partial charge in [-0.25, -0.2) is 9.37 Å². The number of halogens is 1. The molecule has 6 nitrogen and oxygen atoms in total. The van der Waals surface area contributed by atoms with Gasteiger partial charge in [0.1, 0.15) is 16.8 Å². The van der Waals surface area contributed by atoms with Crippen molar-refractivity contribution in [3.05, 3.63) is 46.0 Å². The van der Waals surface area contributed by atoms with Crippen LogP contribution in [0.4, 0.5) is 10.1 Å². The van der Waals surface area contributed by atoms with Crippen LogP contribution in [0.3, 0.4) is 0 Å². The Morgan fingerprint density at radius 1 is 1.19 bits per heavy atom. The van der Waals surface area contributed by atoms with Gasteiger partial charge in [-0.05, 0) is 31.9 Å². The molecule has 168 valence electrons. The lowest BCUT2D eigenvalue weighted by Gasteiger charge is -2.20. The molecule has 1 N–H and O–H groups in total. The molecule has 0 aliphatic carbocycles. The first-order chi connectivity index (χ1) is 14.2. The Morgan fingerprint density at radius 2 is 1.84 bits per heavy atom. The van der Waals surface area contributed by atoms with E-state index in [0.29, 0.717) is 22.8 Å². The Morgan fingerprint density at radius 3 is 2.39 bits per heavy atom. The maximum atomic E-state index is 14.1. The quantitative estimate of drug-likeness (QED) is 0.625. The fourth-order valence-electron chi connectivity index (χ4n) is 2.87. The number of alkyl halides is 1. The number of ketones is 1. The molecule has 1 amide bonds. The molecule has 1 heterocycles. The van der Waals surface area contributed by atoms with Gasteiger partial charge < -0.3 is 5.32 Å². The summed E-state index contributed by atoms with van der Waals surface area (Å²) in [5, 5.41) is 1.32. The number of anilines is 1.